The third-order valence-corrected chi connectivity index (χ3v) is 4.64. The molecule has 1 aliphatic heterocycles. The SMILES string of the molecule is Cc1csc2nc(CN(C)C3CCNC3)cc(=O)n12.Cl. The fraction of sp³-hybridized carbons (Fsp3) is 0.538. The Morgan fingerprint density at radius 1 is 1.60 bits per heavy atom. The minimum Gasteiger partial charge on any atom is -0.315 e. The second kappa shape index (κ2) is 6.22. The Balaban J connectivity index is 0.00000147. The van der Waals surface area contributed by atoms with E-state index in [0.29, 0.717) is 6.04 Å². The predicted octanol–water partition coefficient (Wildman–Crippen LogP) is 1.28. The van der Waals surface area contributed by atoms with E-state index >= 15 is 0 Å². The van der Waals surface area contributed by atoms with Crippen LogP contribution in [0.4, 0.5) is 0 Å². The molecule has 110 valence electrons. The lowest BCUT2D eigenvalue weighted by molar-refractivity contribution is 0.246. The first kappa shape index (κ1) is 15.4. The minimum atomic E-state index is 0. The van der Waals surface area contributed by atoms with Gasteiger partial charge in [-0.15, -0.1) is 23.7 Å². The standard InChI is InChI=1S/C13H18N4OS.ClH/c1-9-8-19-13-15-10(5-12(18)17(9)13)7-16(2)11-3-4-14-6-11;/h5,8,11,14H,3-4,6-7H2,1-2H3;1H. The highest BCUT2D eigenvalue weighted by Crippen LogP contribution is 2.13. The quantitative estimate of drug-likeness (QED) is 0.927. The first-order chi connectivity index (χ1) is 9.15. The van der Waals surface area contributed by atoms with Gasteiger partial charge in [0.1, 0.15) is 0 Å². The molecule has 1 fully saturated rings. The van der Waals surface area contributed by atoms with Crippen molar-refractivity contribution in [1.82, 2.24) is 19.6 Å². The van der Waals surface area contributed by atoms with E-state index < -0.39 is 0 Å². The Morgan fingerprint density at radius 3 is 3.10 bits per heavy atom. The van der Waals surface area contributed by atoms with Crippen molar-refractivity contribution in [1.29, 1.82) is 0 Å². The summed E-state index contributed by atoms with van der Waals surface area (Å²) in [4.78, 5) is 19.7. The maximum absolute atomic E-state index is 12.1. The van der Waals surface area contributed by atoms with Crippen molar-refractivity contribution in [3.8, 4) is 0 Å². The van der Waals surface area contributed by atoms with Crippen molar-refractivity contribution in [2.75, 3.05) is 20.1 Å². The van der Waals surface area contributed by atoms with Gasteiger partial charge in [-0.25, -0.2) is 4.98 Å². The predicted molar refractivity (Wildman–Crippen MR) is 84.1 cm³/mol. The summed E-state index contributed by atoms with van der Waals surface area (Å²) in [5.41, 5.74) is 1.84. The van der Waals surface area contributed by atoms with Gasteiger partial charge in [-0.05, 0) is 26.9 Å². The van der Waals surface area contributed by atoms with E-state index in [1.807, 2.05) is 12.3 Å². The van der Waals surface area contributed by atoms with E-state index in [4.69, 9.17) is 0 Å². The fourth-order valence-corrected chi connectivity index (χ4v) is 3.47. The summed E-state index contributed by atoms with van der Waals surface area (Å²) in [6.07, 6.45) is 1.16. The van der Waals surface area contributed by atoms with Crippen LogP contribution in [0.3, 0.4) is 0 Å². The highest BCUT2D eigenvalue weighted by Gasteiger charge is 2.19. The summed E-state index contributed by atoms with van der Waals surface area (Å²) >= 11 is 1.52. The normalized spacial score (nSPS) is 18.6. The number of rotatable bonds is 3. The molecule has 3 rings (SSSR count). The van der Waals surface area contributed by atoms with Gasteiger partial charge in [0.15, 0.2) is 4.96 Å². The Hall–Kier alpha value is -0.950. The van der Waals surface area contributed by atoms with Crippen LogP contribution in [0.1, 0.15) is 17.8 Å². The number of nitrogens with one attached hydrogen (secondary N) is 1. The molecular weight excluding hydrogens is 296 g/mol. The molecule has 1 N–H and O–H groups in total. The van der Waals surface area contributed by atoms with Crippen LogP contribution in [0.2, 0.25) is 0 Å². The Morgan fingerprint density at radius 2 is 2.40 bits per heavy atom. The van der Waals surface area contributed by atoms with Crippen molar-refractivity contribution >= 4 is 28.7 Å². The number of halogens is 1. The average Bonchev–Trinajstić information content (AvgIpc) is 2.99. The van der Waals surface area contributed by atoms with E-state index in [1.54, 1.807) is 10.5 Å². The van der Waals surface area contributed by atoms with Crippen LogP contribution >= 0.6 is 23.7 Å². The molecule has 0 spiro atoms. The van der Waals surface area contributed by atoms with E-state index in [1.165, 1.54) is 11.3 Å². The molecule has 3 heterocycles. The zero-order valence-electron chi connectivity index (χ0n) is 11.6. The van der Waals surface area contributed by atoms with E-state index in [9.17, 15) is 4.79 Å². The lowest BCUT2D eigenvalue weighted by Crippen LogP contribution is -2.33. The van der Waals surface area contributed by atoms with Gasteiger partial charge in [-0.2, -0.15) is 0 Å². The minimum absolute atomic E-state index is 0. The summed E-state index contributed by atoms with van der Waals surface area (Å²) in [7, 11) is 2.10. The second-order valence-electron chi connectivity index (χ2n) is 5.14. The molecule has 0 bridgehead atoms. The van der Waals surface area contributed by atoms with Crippen molar-refractivity contribution in [3.63, 3.8) is 0 Å². The molecule has 20 heavy (non-hydrogen) atoms. The van der Waals surface area contributed by atoms with Crippen LogP contribution in [0.15, 0.2) is 16.2 Å². The molecule has 0 amide bonds. The fourth-order valence-electron chi connectivity index (χ4n) is 2.58. The van der Waals surface area contributed by atoms with Gasteiger partial charge in [-0.1, -0.05) is 0 Å². The monoisotopic (exact) mass is 314 g/mol. The smallest absolute Gasteiger partial charge is 0.259 e. The number of aromatic nitrogens is 2. The summed E-state index contributed by atoms with van der Waals surface area (Å²) in [5.74, 6) is 0. The highest BCUT2D eigenvalue weighted by atomic mass is 35.5. The lowest BCUT2D eigenvalue weighted by Gasteiger charge is -2.22. The molecule has 0 radical (unpaired) electrons. The van der Waals surface area contributed by atoms with Gasteiger partial charge in [0, 0.05) is 36.3 Å². The topological polar surface area (TPSA) is 49.6 Å². The maximum atomic E-state index is 12.1. The zero-order chi connectivity index (χ0) is 13.4. The first-order valence-electron chi connectivity index (χ1n) is 6.53. The van der Waals surface area contributed by atoms with Gasteiger partial charge in [0.2, 0.25) is 0 Å². The van der Waals surface area contributed by atoms with E-state index in [2.05, 4.69) is 22.2 Å². The maximum Gasteiger partial charge on any atom is 0.259 e. The van der Waals surface area contributed by atoms with Gasteiger partial charge in [0.05, 0.1) is 5.69 Å². The molecule has 0 aliphatic carbocycles. The van der Waals surface area contributed by atoms with Crippen molar-refractivity contribution in [3.05, 3.63) is 33.2 Å². The number of hydrogen-bond donors (Lipinski definition) is 1. The van der Waals surface area contributed by atoms with Crippen LogP contribution in [0.25, 0.3) is 4.96 Å². The summed E-state index contributed by atoms with van der Waals surface area (Å²) < 4.78 is 1.67. The highest BCUT2D eigenvalue weighted by molar-refractivity contribution is 7.15. The van der Waals surface area contributed by atoms with Gasteiger partial charge in [-0.3, -0.25) is 14.1 Å². The summed E-state index contributed by atoms with van der Waals surface area (Å²) in [5, 5.41) is 5.33. The van der Waals surface area contributed by atoms with Crippen molar-refractivity contribution in [2.24, 2.45) is 0 Å². The van der Waals surface area contributed by atoms with E-state index in [-0.39, 0.29) is 18.0 Å². The lowest BCUT2D eigenvalue weighted by atomic mass is 10.2. The number of likely N-dealkylation sites (N-methyl/N-ethyl adjacent to an activating group) is 1. The Labute approximate surface area is 128 Å². The van der Waals surface area contributed by atoms with Crippen molar-refractivity contribution < 1.29 is 0 Å². The van der Waals surface area contributed by atoms with Gasteiger partial charge < -0.3 is 5.32 Å². The van der Waals surface area contributed by atoms with E-state index in [0.717, 1.165) is 42.4 Å². The number of nitrogens with zero attached hydrogens (tertiary/aromatic N) is 3. The first-order valence-corrected chi connectivity index (χ1v) is 7.41. The van der Waals surface area contributed by atoms with Gasteiger partial charge >= 0.3 is 0 Å². The number of hydrogen-bond acceptors (Lipinski definition) is 5. The second-order valence-corrected chi connectivity index (χ2v) is 5.98. The molecule has 2 aromatic rings. The Bertz CT molecular complexity index is 647. The summed E-state index contributed by atoms with van der Waals surface area (Å²) in [6, 6.07) is 2.20. The largest absolute Gasteiger partial charge is 0.315 e. The van der Waals surface area contributed by atoms with Crippen LogP contribution in [0.5, 0.6) is 0 Å². The molecule has 5 nitrogen and oxygen atoms in total. The molecule has 0 saturated carbocycles. The molecule has 2 aromatic heterocycles. The third kappa shape index (κ3) is 2.88. The molecular formula is C13H19ClN4OS. The van der Waals surface area contributed by atoms with Crippen molar-refractivity contribution in [2.45, 2.75) is 25.9 Å². The molecule has 1 unspecified atom stereocenters. The Kier molecular flexibility index (Phi) is 4.80. The number of aryl methyl sites for hydroxylation is 1. The van der Waals surface area contributed by atoms with Crippen LogP contribution in [-0.2, 0) is 6.54 Å². The summed E-state index contributed by atoms with van der Waals surface area (Å²) in [6.45, 7) is 4.77. The molecule has 1 aliphatic rings. The molecule has 0 aromatic carbocycles. The van der Waals surface area contributed by atoms with Crippen LogP contribution < -0.4 is 10.9 Å². The zero-order valence-corrected chi connectivity index (χ0v) is 13.3. The number of thiazole rings is 1. The average molecular weight is 315 g/mol. The molecule has 7 heteroatoms. The van der Waals surface area contributed by atoms with Gasteiger partial charge in [0.25, 0.3) is 5.56 Å². The third-order valence-electron chi connectivity index (χ3n) is 3.70. The van der Waals surface area contributed by atoms with Crippen LogP contribution in [0, 0.1) is 6.92 Å². The number of fused-ring (bicyclic) bond motifs is 1. The van der Waals surface area contributed by atoms with Crippen LogP contribution in [-0.4, -0.2) is 40.5 Å². The molecule has 1 saturated heterocycles. The molecule has 1 atom stereocenters.